The van der Waals surface area contributed by atoms with Gasteiger partial charge in [-0.15, -0.1) is 0 Å². The minimum atomic E-state index is -0.494. The molecule has 0 aliphatic carbocycles. The molecule has 2 aromatic carbocycles. The molecule has 5 rings (SSSR count). The molecule has 4 amide bonds. The fraction of sp³-hybridized carbons (Fsp3) is 0.259. The van der Waals surface area contributed by atoms with Crippen molar-refractivity contribution >= 4 is 57.4 Å². The summed E-state index contributed by atoms with van der Waals surface area (Å²) in [5.41, 5.74) is 1.94. The minimum Gasteiger partial charge on any atom is -0.341 e. The monoisotopic (exact) mass is 520 g/mol. The number of carbonyl (C=O) groups excluding carboxylic acids is 4. The number of aromatic nitrogens is 1. The molecule has 2 aliphatic rings. The first-order valence-corrected chi connectivity index (χ1v) is 12.9. The van der Waals surface area contributed by atoms with Crippen LogP contribution in [0.25, 0.3) is 17.0 Å². The van der Waals surface area contributed by atoms with E-state index >= 15 is 0 Å². The van der Waals surface area contributed by atoms with Crippen LogP contribution in [-0.2, 0) is 20.9 Å². The lowest BCUT2D eigenvalue weighted by Crippen LogP contribution is -2.44. The number of thioether (sulfide) groups is 1. The van der Waals surface area contributed by atoms with E-state index in [0.717, 1.165) is 46.8 Å². The van der Waals surface area contributed by atoms with Crippen LogP contribution in [0.4, 0.5) is 14.9 Å². The van der Waals surface area contributed by atoms with Crippen molar-refractivity contribution in [2.45, 2.75) is 25.8 Å². The molecule has 0 unspecified atom stereocenters. The molecule has 0 atom stereocenters. The summed E-state index contributed by atoms with van der Waals surface area (Å²) in [5, 5.41) is 3.09. The number of likely N-dealkylation sites (tertiary alicyclic amines) is 1. The number of amides is 4. The maximum absolute atomic E-state index is 13.1. The number of benzene rings is 2. The van der Waals surface area contributed by atoms with Crippen molar-refractivity contribution < 1.29 is 23.6 Å². The van der Waals surface area contributed by atoms with E-state index < -0.39 is 11.1 Å². The molecule has 190 valence electrons. The number of rotatable bonds is 6. The summed E-state index contributed by atoms with van der Waals surface area (Å²) in [5.74, 6) is -1.40. The van der Waals surface area contributed by atoms with E-state index in [1.807, 2.05) is 24.3 Å². The molecule has 37 heavy (non-hydrogen) atoms. The third kappa shape index (κ3) is 5.43. The largest absolute Gasteiger partial charge is 0.341 e. The average molecular weight is 521 g/mol. The number of hydrogen-bond donors (Lipinski definition) is 1. The maximum atomic E-state index is 13.1. The van der Waals surface area contributed by atoms with Crippen LogP contribution in [0, 0.1) is 5.82 Å². The first-order valence-electron chi connectivity index (χ1n) is 12.1. The molecule has 0 saturated carbocycles. The Hall–Kier alpha value is -3.92. The van der Waals surface area contributed by atoms with Crippen molar-refractivity contribution in [2.24, 2.45) is 0 Å². The third-order valence-electron chi connectivity index (χ3n) is 6.42. The van der Waals surface area contributed by atoms with Crippen LogP contribution in [0.15, 0.2) is 59.6 Å². The zero-order valence-corrected chi connectivity index (χ0v) is 20.8. The van der Waals surface area contributed by atoms with E-state index in [0.29, 0.717) is 24.3 Å². The van der Waals surface area contributed by atoms with Gasteiger partial charge in [0.1, 0.15) is 18.9 Å². The van der Waals surface area contributed by atoms with Gasteiger partial charge in [-0.25, -0.2) is 4.39 Å². The normalized spacial score (nSPS) is 17.2. The molecular formula is C27H25FN4O4S. The summed E-state index contributed by atoms with van der Waals surface area (Å²) in [4.78, 5) is 53.8. The van der Waals surface area contributed by atoms with Crippen LogP contribution in [-0.4, -0.2) is 57.0 Å². The van der Waals surface area contributed by atoms with Crippen LogP contribution in [0.1, 0.15) is 24.8 Å². The molecule has 3 aromatic rings. The Morgan fingerprint density at radius 3 is 2.46 bits per heavy atom. The molecule has 10 heteroatoms. The van der Waals surface area contributed by atoms with Crippen LogP contribution in [0.3, 0.4) is 0 Å². The number of para-hydroxylation sites is 1. The smallest absolute Gasteiger partial charge is 0.294 e. The second-order valence-electron chi connectivity index (χ2n) is 8.99. The van der Waals surface area contributed by atoms with E-state index in [1.54, 1.807) is 21.7 Å². The van der Waals surface area contributed by atoms with Crippen molar-refractivity contribution in [2.75, 3.05) is 25.0 Å². The Balaban J connectivity index is 1.34. The lowest BCUT2D eigenvalue weighted by atomic mass is 10.1. The van der Waals surface area contributed by atoms with Gasteiger partial charge in [-0.05, 0) is 67.4 Å². The van der Waals surface area contributed by atoms with Gasteiger partial charge in [0.15, 0.2) is 0 Å². The summed E-state index contributed by atoms with van der Waals surface area (Å²) in [6.45, 7) is 1.04. The fourth-order valence-corrected chi connectivity index (χ4v) is 5.39. The van der Waals surface area contributed by atoms with Gasteiger partial charge in [-0.2, -0.15) is 0 Å². The number of fused-ring (bicyclic) bond motifs is 1. The van der Waals surface area contributed by atoms with E-state index in [2.05, 4.69) is 5.32 Å². The van der Waals surface area contributed by atoms with E-state index in [-0.39, 0.29) is 35.6 Å². The molecular weight excluding hydrogens is 495 g/mol. The van der Waals surface area contributed by atoms with Crippen molar-refractivity contribution in [3.05, 3.63) is 71.0 Å². The lowest BCUT2D eigenvalue weighted by molar-refractivity contribution is -0.136. The first-order chi connectivity index (χ1) is 17.9. The topological polar surface area (TPSA) is 91.7 Å². The number of anilines is 1. The van der Waals surface area contributed by atoms with Gasteiger partial charge in [-0.1, -0.05) is 18.2 Å². The molecule has 2 fully saturated rings. The fourth-order valence-electron chi connectivity index (χ4n) is 4.57. The number of nitrogens with one attached hydrogen (secondary N) is 1. The maximum Gasteiger partial charge on any atom is 0.294 e. The molecule has 2 aliphatic heterocycles. The quantitative estimate of drug-likeness (QED) is 0.485. The SMILES string of the molecule is O=C(Cn1cc(/C=C2\SC(=O)N(CC(=O)N3CCCCC3)C2=O)c2ccccc21)Nc1ccc(F)cc1. The number of carbonyl (C=O) groups is 4. The Labute approximate surface area is 217 Å². The summed E-state index contributed by atoms with van der Waals surface area (Å²) in [6.07, 6.45) is 6.32. The van der Waals surface area contributed by atoms with Crippen molar-refractivity contribution in [3.63, 3.8) is 0 Å². The molecule has 1 aromatic heterocycles. The van der Waals surface area contributed by atoms with Gasteiger partial charge >= 0.3 is 0 Å². The first kappa shape index (κ1) is 24.8. The molecule has 1 N–H and O–H groups in total. The summed E-state index contributed by atoms with van der Waals surface area (Å²) in [6, 6.07) is 12.9. The van der Waals surface area contributed by atoms with Gasteiger partial charge in [-0.3, -0.25) is 24.1 Å². The number of hydrogen-bond acceptors (Lipinski definition) is 5. The summed E-state index contributed by atoms with van der Waals surface area (Å²) in [7, 11) is 0. The Morgan fingerprint density at radius 2 is 1.70 bits per heavy atom. The van der Waals surface area contributed by atoms with Gasteiger partial charge < -0.3 is 14.8 Å². The Morgan fingerprint density at radius 1 is 0.973 bits per heavy atom. The Bertz CT molecular complexity index is 1410. The standard InChI is InChI=1S/C27H25FN4O4S/c28-19-8-10-20(11-9-19)29-24(33)16-31-15-18(21-6-2-3-7-22(21)31)14-23-26(35)32(27(36)37-23)17-25(34)30-12-4-1-5-13-30/h2-3,6-11,14-15H,1,4-5,12-13,16-17H2,(H,29,33)/b23-14-. The van der Waals surface area contributed by atoms with Crippen molar-refractivity contribution in [1.82, 2.24) is 14.4 Å². The van der Waals surface area contributed by atoms with Gasteiger partial charge in [0.2, 0.25) is 11.8 Å². The van der Waals surface area contributed by atoms with E-state index in [4.69, 9.17) is 0 Å². The molecule has 0 spiro atoms. The van der Waals surface area contributed by atoms with Gasteiger partial charge in [0.05, 0.1) is 4.91 Å². The third-order valence-corrected chi connectivity index (χ3v) is 7.33. The molecule has 2 saturated heterocycles. The second kappa shape index (κ2) is 10.6. The number of halogens is 1. The highest BCUT2D eigenvalue weighted by molar-refractivity contribution is 8.18. The molecule has 8 nitrogen and oxygen atoms in total. The molecule has 3 heterocycles. The zero-order valence-electron chi connectivity index (χ0n) is 20.0. The second-order valence-corrected chi connectivity index (χ2v) is 9.99. The van der Waals surface area contributed by atoms with Gasteiger partial charge in [0.25, 0.3) is 11.1 Å². The predicted molar refractivity (Wildman–Crippen MR) is 140 cm³/mol. The highest BCUT2D eigenvalue weighted by Gasteiger charge is 2.37. The average Bonchev–Trinajstić information content (AvgIpc) is 3.37. The highest BCUT2D eigenvalue weighted by Crippen LogP contribution is 2.34. The summed E-state index contributed by atoms with van der Waals surface area (Å²) >= 11 is 0.809. The van der Waals surface area contributed by atoms with E-state index in [1.165, 1.54) is 24.3 Å². The zero-order chi connectivity index (χ0) is 25.9. The number of nitrogens with zero attached hydrogens (tertiary/aromatic N) is 3. The van der Waals surface area contributed by atoms with Crippen LogP contribution >= 0.6 is 11.8 Å². The molecule has 0 radical (unpaired) electrons. The predicted octanol–water partition coefficient (Wildman–Crippen LogP) is 4.47. The van der Waals surface area contributed by atoms with Crippen LogP contribution in [0.2, 0.25) is 0 Å². The number of imide groups is 1. The molecule has 0 bridgehead atoms. The minimum absolute atomic E-state index is 0.00244. The lowest BCUT2D eigenvalue weighted by Gasteiger charge is -2.27. The van der Waals surface area contributed by atoms with Crippen LogP contribution in [0.5, 0.6) is 0 Å². The highest BCUT2D eigenvalue weighted by atomic mass is 32.2. The van der Waals surface area contributed by atoms with Gasteiger partial charge in [0, 0.05) is 41.4 Å². The Kier molecular flexibility index (Phi) is 7.09. The number of piperidine rings is 1. The summed E-state index contributed by atoms with van der Waals surface area (Å²) < 4.78 is 14.9. The van der Waals surface area contributed by atoms with Crippen molar-refractivity contribution in [1.29, 1.82) is 0 Å². The van der Waals surface area contributed by atoms with Crippen molar-refractivity contribution in [3.8, 4) is 0 Å². The van der Waals surface area contributed by atoms with Crippen LogP contribution < -0.4 is 5.32 Å². The van der Waals surface area contributed by atoms with E-state index in [9.17, 15) is 23.6 Å².